The van der Waals surface area contributed by atoms with Gasteiger partial charge in [-0.25, -0.2) is 4.79 Å². The van der Waals surface area contributed by atoms with Crippen LogP contribution in [0, 0.1) is 0 Å². The van der Waals surface area contributed by atoms with Crippen molar-refractivity contribution in [2.24, 2.45) is 0 Å². The highest BCUT2D eigenvalue weighted by Crippen LogP contribution is 2.13. The molecule has 1 aliphatic heterocycles. The Morgan fingerprint density at radius 3 is 2.89 bits per heavy atom. The van der Waals surface area contributed by atoms with Gasteiger partial charge in [0.05, 0.1) is 6.10 Å². The van der Waals surface area contributed by atoms with Crippen molar-refractivity contribution in [2.45, 2.75) is 44.8 Å². The molecule has 0 aromatic carbocycles. The van der Waals surface area contributed by atoms with Gasteiger partial charge < -0.3 is 19.5 Å². The molecule has 1 heterocycles. The number of aliphatic carboxylic acids is 1. The zero-order valence-corrected chi connectivity index (χ0v) is 11.4. The third-order valence-corrected chi connectivity index (χ3v) is 3.21. The lowest BCUT2D eigenvalue weighted by Gasteiger charge is -2.27. The van der Waals surface area contributed by atoms with E-state index in [4.69, 9.17) is 14.6 Å². The van der Waals surface area contributed by atoms with Gasteiger partial charge in [0, 0.05) is 26.3 Å². The number of carboxylic acids is 1. The average molecular weight is 259 g/mol. The molecule has 0 bridgehead atoms. The molecule has 0 spiro atoms. The number of hydrogen-bond acceptors (Lipinski definition) is 4. The summed E-state index contributed by atoms with van der Waals surface area (Å²) in [5.41, 5.74) is 0. The van der Waals surface area contributed by atoms with Crippen LogP contribution in [0.1, 0.15) is 32.6 Å². The van der Waals surface area contributed by atoms with E-state index in [2.05, 4.69) is 4.90 Å². The fourth-order valence-corrected chi connectivity index (χ4v) is 2.21. The van der Waals surface area contributed by atoms with Crippen molar-refractivity contribution in [3.05, 3.63) is 0 Å². The van der Waals surface area contributed by atoms with Crippen LogP contribution in [0.3, 0.4) is 0 Å². The lowest BCUT2D eigenvalue weighted by molar-refractivity contribution is -0.150. The van der Waals surface area contributed by atoms with Crippen molar-refractivity contribution in [1.82, 2.24) is 4.90 Å². The second kappa shape index (κ2) is 8.45. The van der Waals surface area contributed by atoms with Gasteiger partial charge in [-0.05, 0) is 39.7 Å². The Morgan fingerprint density at radius 1 is 1.56 bits per heavy atom. The highest BCUT2D eigenvalue weighted by molar-refractivity contribution is 5.72. The molecule has 1 fully saturated rings. The van der Waals surface area contributed by atoms with E-state index < -0.39 is 12.1 Å². The van der Waals surface area contributed by atoms with Crippen LogP contribution in [0.15, 0.2) is 0 Å². The SMILES string of the molecule is CCOC(CCN(C)CC1CCCCO1)C(=O)O. The maximum atomic E-state index is 10.9. The zero-order valence-electron chi connectivity index (χ0n) is 11.4. The van der Waals surface area contributed by atoms with Crippen LogP contribution in [0.4, 0.5) is 0 Å². The summed E-state index contributed by atoms with van der Waals surface area (Å²) < 4.78 is 10.8. The Hall–Kier alpha value is -0.650. The third kappa shape index (κ3) is 5.80. The van der Waals surface area contributed by atoms with Gasteiger partial charge in [0.1, 0.15) is 0 Å². The van der Waals surface area contributed by atoms with Crippen LogP contribution in [0.2, 0.25) is 0 Å². The maximum Gasteiger partial charge on any atom is 0.332 e. The molecule has 0 aromatic rings. The molecule has 0 radical (unpaired) electrons. The largest absolute Gasteiger partial charge is 0.479 e. The van der Waals surface area contributed by atoms with E-state index in [9.17, 15) is 4.79 Å². The average Bonchev–Trinajstić information content (AvgIpc) is 2.35. The van der Waals surface area contributed by atoms with Gasteiger partial charge >= 0.3 is 5.97 Å². The molecule has 5 nitrogen and oxygen atoms in total. The number of ether oxygens (including phenoxy) is 2. The van der Waals surface area contributed by atoms with E-state index in [-0.39, 0.29) is 0 Å². The Bertz CT molecular complexity index is 241. The lowest BCUT2D eigenvalue weighted by Crippen LogP contribution is -2.36. The second-order valence-electron chi connectivity index (χ2n) is 4.82. The quantitative estimate of drug-likeness (QED) is 0.713. The van der Waals surface area contributed by atoms with E-state index in [1.54, 1.807) is 0 Å². The fraction of sp³-hybridized carbons (Fsp3) is 0.923. The van der Waals surface area contributed by atoms with Crippen molar-refractivity contribution in [3.8, 4) is 0 Å². The molecule has 1 rings (SSSR count). The van der Waals surface area contributed by atoms with E-state index in [1.807, 2.05) is 14.0 Å². The Labute approximate surface area is 109 Å². The molecule has 0 aromatic heterocycles. The normalized spacial score (nSPS) is 22.1. The monoisotopic (exact) mass is 259 g/mol. The maximum absolute atomic E-state index is 10.9. The lowest BCUT2D eigenvalue weighted by atomic mass is 10.1. The molecule has 2 unspecified atom stereocenters. The summed E-state index contributed by atoms with van der Waals surface area (Å²) in [6, 6.07) is 0. The summed E-state index contributed by atoms with van der Waals surface area (Å²) in [7, 11) is 2.00. The van der Waals surface area contributed by atoms with E-state index >= 15 is 0 Å². The molecular formula is C13H25NO4. The summed E-state index contributed by atoms with van der Waals surface area (Å²) in [4.78, 5) is 13.1. The molecule has 2 atom stereocenters. The summed E-state index contributed by atoms with van der Waals surface area (Å²) in [5.74, 6) is -0.876. The Balaban J connectivity index is 2.21. The minimum Gasteiger partial charge on any atom is -0.479 e. The molecule has 18 heavy (non-hydrogen) atoms. The van der Waals surface area contributed by atoms with E-state index in [0.29, 0.717) is 19.1 Å². The minimum atomic E-state index is -0.876. The van der Waals surface area contributed by atoms with Crippen LogP contribution < -0.4 is 0 Å². The first-order valence-electron chi connectivity index (χ1n) is 6.78. The third-order valence-electron chi connectivity index (χ3n) is 3.21. The molecular weight excluding hydrogens is 234 g/mol. The predicted octanol–water partition coefficient (Wildman–Crippen LogP) is 1.37. The van der Waals surface area contributed by atoms with Gasteiger partial charge in [-0.15, -0.1) is 0 Å². The number of hydrogen-bond donors (Lipinski definition) is 1. The van der Waals surface area contributed by atoms with Crippen LogP contribution in [0.5, 0.6) is 0 Å². The Morgan fingerprint density at radius 2 is 2.33 bits per heavy atom. The molecule has 1 N–H and O–H groups in total. The molecule has 106 valence electrons. The van der Waals surface area contributed by atoms with Crippen LogP contribution >= 0.6 is 0 Å². The second-order valence-corrected chi connectivity index (χ2v) is 4.82. The Kier molecular flexibility index (Phi) is 7.23. The molecule has 0 saturated carbocycles. The van der Waals surface area contributed by atoms with Gasteiger partial charge in [-0.3, -0.25) is 0 Å². The topological polar surface area (TPSA) is 59.0 Å². The summed E-state index contributed by atoms with van der Waals surface area (Å²) >= 11 is 0. The molecule has 0 aliphatic carbocycles. The summed E-state index contributed by atoms with van der Waals surface area (Å²) in [6.07, 6.45) is 3.63. The molecule has 1 saturated heterocycles. The minimum absolute atomic E-state index is 0.305. The van der Waals surface area contributed by atoms with E-state index in [1.165, 1.54) is 6.42 Å². The van der Waals surface area contributed by atoms with Crippen LogP contribution in [-0.2, 0) is 14.3 Å². The standard InChI is InChI=1S/C13H25NO4/c1-3-17-12(13(15)16)7-8-14(2)10-11-6-4-5-9-18-11/h11-12H,3-10H2,1-2H3,(H,15,16). The van der Waals surface area contributed by atoms with Gasteiger partial charge in [0.2, 0.25) is 0 Å². The predicted molar refractivity (Wildman–Crippen MR) is 68.8 cm³/mol. The number of likely N-dealkylation sites (N-methyl/N-ethyl adjacent to an activating group) is 1. The summed E-state index contributed by atoms with van der Waals surface area (Å²) in [6.45, 7) is 4.70. The van der Waals surface area contributed by atoms with Gasteiger partial charge in [0.25, 0.3) is 0 Å². The highest BCUT2D eigenvalue weighted by atomic mass is 16.5. The van der Waals surface area contributed by atoms with Gasteiger partial charge in [0.15, 0.2) is 6.10 Å². The number of rotatable bonds is 8. The van der Waals surface area contributed by atoms with E-state index in [0.717, 1.165) is 32.5 Å². The number of carbonyl (C=O) groups is 1. The first kappa shape index (κ1) is 15.4. The van der Waals surface area contributed by atoms with Gasteiger partial charge in [-0.1, -0.05) is 0 Å². The number of nitrogens with zero attached hydrogens (tertiary/aromatic N) is 1. The van der Waals surface area contributed by atoms with Crippen LogP contribution in [0.25, 0.3) is 0 Å². The molecule has 1 aliphatic rings. The highest BCUT2D eigenvalue weighted by Gasteiger charge is 2.20. The van der Waals surface area contributed by atoms with Gasteiger partial charge in [-0.2, -0.15) is 0 Å². The molecule has 0 amide bonds. The van der Waals surface area contributed by atoms with Crippen molar-refractivity contribution >= 4 is 5.97 Å². The van der Waals surface area contributed by atoms with Crippen LogP contribution in [-0.4, -0.2) is 61.5 Å². The summed E-state index contributed by atoms with van der Waals surface area (Å²) in [5, 5.41) is 8.97. The fourth-order valence-electron chi connectivity index (χ4n) is 2.21. The van der Waals surface area contributed by atoms with Crippen molar-refractivity contribution in [2.75, 3.05) is 33.4 Å². The van der Waals surface area contributed by atoms with Crippen molar-refractivity contribution in [3.63, 3.8) is 0 Å². The first-order valence-corrected chi connectivity index (χ1v) is 6.78. The van der Waals surface area contributed by atoms with Crippen molar-refractivity contribution in [1.29, 1.82) is 0 Å². The molecule has 5 heteroatoms. The van der Waals surface area contributed by atoms with Crippen molar-refractivity contribution < 1.29 is 19.4 Å². The number of carboxylic acid groups (broad SMARTS) is 1. The zero-order chi connectivity index (χ0) is 13.4. The first-order chi connectivity index (χ1) is 8.63. The smallest absolute Gasteiger partial charge is 0.332 e.